The zero-order chi connectivity index (χ0) is 13.4. The lowest BCUT2D eigenvalue weighted by atomic mass is 10.0. The number of carbonyl (C=O) groups is 1. The van der Waals surface area contributed by atoms with Gasteiger partial charge < -0.3 is 0 Å². The first-order chi connectivity index (χ1) is 9.15. The number of alkyl halides is 2. The van der Waals surface area contributed by atoms with E-state index in [9.17, 15) is 13.6 Å². The molecule has 3 rings (SSSR count). The van der Waals surface area contributed by atoms with Gasteiger partial charge in [0.2, 0.25) is 5.78 Å². The predicted molar refractivity (Wildman–Crippen MR) is 71.8 cm³/mol. The smallest absolute Gasteiger partial charge is 0.288 e. The Morgan fingerprint density at radius 3 is 2.00 bits per heavy atom. The molecule has 0 aromatic heterocycles. The maximum atomic E-state index is 12.4. The first kappa shape index (κ1) is 11.8. The number of benzene rings is 3. The molecule has 19 heavy (non-hydrogen) atoms. The number of Topliss-reactive ketones (excluding diaryl/α,β-unsaturated/α-hetero) is 1. The Kier molecular flexibility index (Phi) is 2.75. The third kappa shape index (κ3) is 2.08. The minimum Gasteiger partial charge on any atom is -0.288 e. The summed E-state index contributed by atoms with van der Waals surface area (Å²) in [5.41, 5.74) is 0.0535. The fourth-order valence-electron chi connectivity index (χ4n) is 2.22. The van der Waals surface area contributed by atoms with E-state index in [-0.39, 0.29) is 5.56 Å². The van der Waals surface area contributed by atoms with Crippen molar-refractivity contribution in [2.24, 2.45) is 0 Å². The van der Waals surface area contributed by atoms with E-state index in [0.717, 1.165) is 21.5 Å². The van der Waals surface area contributed by atoms with Crippen molar-refractivity contribution in [3.8, 4) is 0 Å². The largest absolute Gasteiger partial charge is 0.300 e. The minimum absolute atomic E-state index is 0.0535. The summed E-state index contributed by atoms with van der Waals surface area (Å²) < 4.78 is 24.8. The zero-order valence-electron chi connectivity index (χ0n) is 9.94. The molecule has 0 fully saturated rings. The highest BCUT2D eigenvalue weighted by molar-refractivity contribution is 6.04. The van der Waals surface area contributed by atoms with E-state index >= 15 is 0 Å². The molecule has 3 aromatic rings. The molecule has 0 atom stereocenters. The molecule has 0 N–H and O–H groups in total. The van der Waals surface area contributed by atoms with E-state index in [1.807, 2.05) is 36.4 Å². The highest BCUT2D eigenvalue weighted by Gasteiger charge is 2.17. The molecule has 0 saturated heterocycles. The van der Waals surface area contributed by atoms with E-state index in [4.69, 9.17) is 0 Å². The summed E-state index contributed by atoms with van der Waals surface area (Å²) in [4.78, 5) is 11.3. The van der Waals surface area contributed by atoms with Gasteiger partial charge in [0.25, 0.3) is 0 Å². The van der Waals surface area contributed by atoms with Gasteiger partial charge in [-0.05, 0) is 39.7 Å². The van der Waals surface area contributed by atoms with Gasteiger partial charge in [0.1, 0.15) is 0 Å². The van der Waals surface area contributed by atoms with E-state index in [1.54, 1.807) is 6.07 Å². The number of fused-ring (bicyclic) bond motifs is 2. The standard InChI is InChI=1S/C16H10F2O/c17-16(18)15(19)13-6-5-12-7-10-3-1-2-4-11(10)8-14(12)9-13/h1-9,16H. The third-order valence-corrected chi connectivity index (χ3v) is 3.19. The highest BCUT2D eigenvalue weighted by Crippen LogP contribution is 2.24. The summed E-state index contributed by atoms with van der Waals surface area (Å²) in [7, 11) is 0. The van der Waals surface area contributed by atoms with Gasteiger partial charge in [0.05, 0.1) is 0 Å². The van der Waals surface area contributed by atoms with Gasteiger partial charge in [-0.2, -0.15) is 0 Å². The fourth-order valence-corrected chi connectivity index (χ4v) is 2.22. The molecule has 0 bridgehead atoms. The summed E-state index contributed by atoms with van der Waals surface area (Å²) in [6, 6.07) is 16.4. The monoisotopic (exact) mass is 256 g/mol. The topological polar surface area (TPSA) is 17.1 Å². The van der Waals surface area contributed by atoms with Gasteiger partial charge in [-0.15, -0.1) is 0 Å². The molecule has 94 valence electrons. The molecular formula is C16H10F2O. The number of hydrogen-bond acceptors (Lipinski definition) is 1. The van der Waals surface area contributed by atoms with Crippen LogP contribution in [0.2, 0.25) is 0 Å². The van der Waals surface area contributed by atoms with Gasteiger partial charge in [-0.3, -0.25) is 4.79 Å². The third-order valence-electron chi connectivity index (χ3n) is 3.19. The van der Waals surface area contributed by atoms with E-state index in [0.29, 0.717) is 0 Å². The Balaban J connectivity index is 2.22. The quantitative estimate of drug-likeness (QED) is 0.489. The van der Waals surface area contributed by atoms with Crippen LogP contribution in [-0.2, 0) is 0 Å². The van der Waals surface area contributed by atoms with Crippen LogP contribution in [0.15, 0.2) is 54.6 Å². The molecule has 0 heterocycles. The van der Waals surface area contributed by atoms with Crippen molar-refractivity contribution in [1.29, 1.82) is 0 Å². The van der Waals surface area contributed by atoms with E-state index in [2.05, 4.69) is 0 Å². The molecule has 3 aromatic carbocycles. The van der Waals surface area contributed by atoms with Crippen molar-refractivity contribution in [3.63, 3.8) is 0 Å². The Labute approximate surface area is 108 Å². The van der Waals surface area contributed by atoms with Crippen LogP contribution in [0.25, 0.3) is 21.5 Å². The summed E-state index contributed by atoms with van der Waals surface area (Å²) >= 11 is 0. The number of rotatable bonds is 2. The SMILES string of the molecule is O=C(c1ccc2cc3ccccc3cc2c1)C(F)F. The second kappa shape index (κ2) is 4.43. The number of halogens is 2. The zero-order valence-corrected chi connectivity index (χ0v) is 9.94. The van der Waals surface area contributed by atoms with Crippen molar-refractivity contribution >= 4 is 27.3 Å². The summed E-state index contributed by atoms with van der Waals surface area (Å²) in [6.45, 7) is 0. The maximum absolute atomic E-state index is 12.4. The lowest BCUT2D eigenvalue weighted by Gasteiger charge is -2.05. The lowest BCUT2D eigenvalue weighted by Crippen LogP contribution is -2.09. The molecule has 0 unspecified atom stereocenters. The second-order valence-corrected chi connectivity index (χ2v) is 4.43. The second-order valence-electron chi connectivity index (χ2n) is 4.43. The minimum atomic E-state index is -2.96. The lowest BCUT2D eigenvalue weighted by molar-refractivity contribution is 0.0679. The van der Waals surface area contributed by atoms with Gasteiger partial charge in [0, 0.05) is 5.56 Å². The molecule has 0 aliphatic rings. The fraction of sp³-hybridized carbons (Fsp3) is 0.0625. The molecule has 1 nitrogen and oxygen atoms in total. The summed E-state index contributed by atoms with van der Waals surface area (Å²) in [5.74, 6) is -1.13. The molecule has 0 saturated carbocycles. The average Bonchev–Trinajstić information content (AvgIpc) is 2.43. The maximum Gasteiger partial charge on any atom is 0.300 e. The van der Waals surface area contributed by atoms with Crippen LogP contribution in [0.4, 0.5) is 8.78 Å². The molecule has 0 amide bonds. The molecule has 0 radical (unpaired) electrons. The summed E-state index contributed by atoms with van der Waals surface area (Å²) in [6.07, 6.45) is -2.96. The van der Waals surface area contributed by atoms with Crippen molar-refractivity contribution in [2.45, 2.75) is 6.43 Å². The predicted octanol–water partition coefficient (Wildman–Crippen LogP) is 4.44. The Hall–Kier alpha value is -2.29. The van der Waals surface area contributed by atoms with Gasteiger partial charge in [-0.25, -0.2) is 8.78 Å². The highest BCUT2D eigenvalue weighted by atomic mass is 19.3. The van der Waals surface area contributed by atoms with Crippen molar-refractivity contribution in [2.75, 3.05) is 0 Å². The van der Waals surface area contributed by atoms with Crippen LogP contribution in [0, 0.1) is 0 Å². The van der Waals surface area contributed by atoms with Gasteiger partial charge in [-0.1, -0.05) is 36.4 Å². The number of carbonyl (C=O) groups excluding carboxylic acids is 1. The van der Waals surface area contributed by atoms with Crippen LogP contribution < -0.4 is 0 Å². The molecular weight excluding hydrogens is 246 g/mol. The van der Waals surface area contributed by atoms with Crippen molar-refractivity contribution in [3.05, 3.63) is 60.2 Å². The molecule has 0 aliphatic carbocycles. The van der Waals surface area contributed by atoms with Gasteiger partial charge >= 0.3 is 6.43 Å². The van der Waals surface area contributed by atoms with E-state index < -0.39 is 12.2 Å². The van der Waals surface area contributed by atoms with Crippen LogP contribution in [-0.4, -0.2) is 12.2 Å². The van der Waals surface area contributed by atoms with Crippen LogP contribution in [0.1, 0.15) is 10.4 Å². The van der Waals surface area contributed by atoms with Crippen LogP contribution in [0.5, 0.6) is 0 Å². The first-order valence-corrected chi connectivity index (χ1v) is 5.90. The van der Waals surface area contributed by atoms with Gasteiger partial charge in [0.15, 0.2) is 0 Å². The Morgan fingerprint density at radius 1 is 0.789 bits per heavy atom. The molecule has 0 spiro atoms. The van der Waals surface area contributed by atoms with Crippen LogP contribution in [0.3, 0.4) is 0 Å². The van der Waals surface area contributed by atoms with Crippen molar-refractivity contribution in [1.82, 2.24) is 0 Å². The average molecular weight is 256 g/mol. The van der Waals surface area contributed by atoms with E-state index in [1.165, 1.54) is 12.1 Å². The Morgan fingerprint density at radius 2 is 1.37 bits per heavy atom. The number of hydrogen-bond donors (Lipinski definition) is 0. The molecule has 3 heteroatoms. The molecule has 0 aliphatic heterocycles. The Bertz CT molecular complexity index is 778. The summed E-state index contributed by atoms with van der Waals surface area (Å²) in [5, 5.41) is 3.84. The van der Waals surface area contributed by atoms with Crippen molar-refractivity contribution < 1.29 is 13.6 Å². The number of ketones is 1. The normalized spacial score (nSPS) is 11.3. The van der Waals surface area contributed by atoms with Crippen LogP contribution >= 0.6 is 0 Å². The first-order valence-electron chi connectivity index (χ1n) is 5.90.